The third-order valence-electron chi connectivity index (χ3n) is 2.81. The third kappa shape index (κ3) is 3.94. The Kier molecular flexibility index (Phi) is 3.96. The summed E-state index contributed by atoms with van der Waals surface area (Å²) in [5, 5.41) is 2.99. The van der Waals surface area contributed by atoms with Crippen molar-refractivity contribution in [2.75, 3.05) is 33.4 Å². The number of nitrogens with one attached hydrogen (secondary N) is 1. The molecule has 0 radical (unpaired) electrons. The molecule has 1 N–H and O–H groups in total. The molecule has 16 heavy (non-hydrogen) atoms. The minimum Gasteiger partial charge on any atom is -0.377 e. The molecular formula is C12H20N2O2. The third-order valence-corrected chi connectivity index (χ3v) is 2.81. The van der Waals surface area contributed by atoms with Gasteiger partial charge in [-0.05, 0) is 31.9 Å². The Morgan fingerprint density at radius 2 is 2.44 bits per heavy atom. The Balaban J connectivity index is 1.67. The summed E-state index contributed by atoms with van der Waals surface area (Å²) >= 11 is 0. The molecule has 1 aliphatic heterocycles. The lowest BCUT2D eigenvalue weighted by molar-refractivity contribution is -0.122. The first-order chi connectivity index (χ1) is 7.74. The Bertz CT molecular complexity index is 285. The molecular weight excluding hydrogens is 204 g/mol. The molecule has 0 aromatic carbocycles. The van der Waals surface area contributed by atoms with E-state index in [4.69, 9.17) is 4.74 Å². The van der Waals surface area contributed by atoms with Crippen molar-refractivity contribution >= 4 is 5.91 Å². The van der Waals surface area contributed by atoms with Gasteiger partial charge in [-0.1, -0.05) is 6.08 Å². The number of hydrogen-bond donors (Lipinski definition) is 1. The van der Waals surface area contributed by atoms with Gasteiger partial charge in [0.15, 0.2) is 0 Å². The van der Waals surface area contributed by atoms with Gasteiger partial charge in [0.1, 0.15) is 0 Å². The average molecular weight is 224 g/mol. The van der Waals surface area contributed by atoms with Crippen molar-refractivity contribution in [1.29, 1.82) is 0 Å². The number of nitrogens with zero attached hydrogens (tertiary/aromatic N) is 1. The second-order valence-electron chi connectivity index (χ2n) is 4.72. The smallest absolute Gasteiger partial charge is 0.234 e. The summed E-state index contributed by atoms with van der Waals surface area (Å²) in [5.74, 6) is 0.141. The SMILES string of the molecule is CN(CC(=O)NC1CC1)CC1=CCCOC1. The molecule has 0 saturated heterocycles. The fraction of sp³-hybridized carbons (Fsp3) is 0.750. The van der Waals surface area contributed by atoms with E-state index in [-0.39, 0.29) is 5.91 Å². The van der Waals surface area contributed by atoms with Gasteiger partial charge >= 0.3 is 0 Å². The van der Waals surface area contributed by atoms with Crippen molar-refractivity contribution in [2.45, 2.75) is 25.3 Å². The molecule has 0 bridgehead atoms. The number of amides is 1. The highest BCUT2D eigenvalue weighted by atomic mass is 16.5. The highest BCUT2D eigenvalue weighted by molar-refractivity contribution is 5.78. The maximum absolute atomic E-state index is 11.5. The van der Waals surface area contributed by atoms with Crippen LogP contribution >= 0.6 is 0 Å². The van der Waals surface area contributed by atoms with Gasteiger partial charge in [-0.3, -0.25) is 9.69 Å². The van der Waals surface area contributed by atoms with Crippen LogP contribution in [-0.4, -0.2) is 50.2 Å². The number of likely N-dealkylation sites (N-methyl/N-ethyl adjacent to an activating group) is 1. The van der Waals surface area contributed by atoms with Crippen molar-refractivity contribution in [3.05, 3.63) is 11.6 Å². The summed E-state index contributed by atoms with van der Waals surface area (Å²) in [6.45, 7) is 2.86. The predicted molar refractivity (Wildman–Crippen MR) is 62.2 cm³/mol. The molecule has 0 unspecified atom stereocenters. The van der Waals surface area contributed by atoms with Crippen molar-refractivity contribution in [2.24, 2.45) is 0 Å². The Hall–Kier alpha value is -0.870. The van der Waals surface area contributed by atoms with Crippen LogP contribution in [0.25, 0.3) is 0 Å². The number of ether oxygens (including phenoxy) is 1. The maximum atomic E-state index is 11.5. The van der Waals surface area contributed by atoms with Crippen LogP contribution in [0.4, 0.5) is 0 Å². The van der Waals surface area contributed by atoms with E-state index >= 15 is 0 Å². The molecule has 2 aliphatic rings. The zero-order valence-electron chi connectivity index (χ0n) is 9.87. The van der Waals surface area contributed by atoms with Crippen LogP contribution in [0.1, 0.15) is 19.3 Å². The first-order valence-electron chi connectivity index (χ1n) is 5.97. The van der Waals surface area contributed by atoms with Gasteiger partial charge in [0.05, 0.1) is 19.8 Å². The zero-order chi connectivity index (χ0) is 11.4. The molecule has 0 spiro atoms. The van der Waals surface area contributed by atoms with Gasteiger partial charge in [0.2, 0.25) is 5.91 Å². The van der Waals surface area contributed by atoms with Crippen LogP contribution < -0.4 is 5.32 Å². The maximum Gasteiger partial charge on any atom is 0.234 e. The topological polar surface area (TPSA) is 41.6 Å². The van der Waals surface area contributed by atoms with Crippen molar-refractivity contribution in [3.8, 4) is 0 Å². The highest BCUT2D eigenvalue weighted by Gasteiger charge is 2.23. The van der Waals surface area contributed by atoms with Gasteiger partial charge < -0.3 is 10.1 Å². The average Bonchev–Trinajstić information content (AvgIpc) is 3.02. The lowest BCUT2D eigenvalue weighted by atomic mass is 10.2. The summed E-state index contributed by atoms with van der Waals surface area (Å²) in [6.07, 6.45) is 5.51. The molecule has 1 fully saturated rings. The Labute approximate surface area is 96.6 Å². The molecule has 0 atom stereocenters. The number of hydrogen-bond acceptors (Lipinski definition) is 3. The zero-order valence-corrected chi connectivity index (χ0v) is 9.87. The second kappa shape index (κ2) is 5.46. The van der Waals surface area contributed by atoms with E-state index < -0.39 is 0 Å². The lowest BCUT2D eigenvalue weighted by Gasteiger charge is -2.20. The van der Waals surface area contributed by atoms with Gasteiger partial charge in [0.25, 0.3) is 0 Å². The minimum atomic E-state index is 0.141. The second-order valence-corrected chi connectivity index (χ2v) is 4.72. The molecule has 1 heterocycles. The monoisotopic (exact) mass is 224 g/mol. The minimum absolute atomic E-state index is 0.141. The Morgan fingerprint density at radius 1 is 1.62 bits per heavy atom. The van der Waals surface area contributed by atoms with E-state index in [1.165, 1.54) is 5.57 Å². The molecule has 90 valence electrons. The van der Waals surface area contributed by atoms with Gasteiger partial charge in [0, 0.05) is 12.6 Å². The van der Waals surface area contributed by atoms with Crippen LogP contribution in [0.5, 0.6) is 0 Å². The van der Waals surface area contributed by atoms with Crippen LogP contribution in [0, 0.1) is 0 Å². The molecule has 0 aromatic rings. The standard InChI is InChI=1S/C12H20N2O2/c1-14(7-10-3-2-6-16-9-10)8-12(15)13-11-4-5-11/h3,11H,2,4-9H2,1H3,(H,13,15). The molecule has 2 rings (SSSR count). The summed E-state index contributed by atoms with van der Waals surface area (Å²) in [4.78, 5) is 13.6. The normalized spacial score (nSPS) is 20.8. The first kappa shape index (κ1) is 11.6. The highest BCUT2D eigenvalue weighted by Crippen LogP contribution is 2.18. The summed E-state index contributed by atoms with van der Waals surface area (Å²) in [7, 11) is 1.97. The lowest BCUT2D eigenvalue weighted by Crippen LogP contribution is -2.37. The largest absolute Gasteiger partial charge is 0.377 e. The van der Waals surface area contributed by atoms with E-state index in [0.29, 0.717) is 19.2 Å². The van der Waals surface area contributed by atoms with Crippen molar-refractivity contribution < 1.29 is 9.53 Å². The van der Waals surface area contributed by atoms with E-state index in [9.17, 15) is 4.79 Å². The van der Waals surface area contributed by atoms with Gasteiger partial charge in [-0.25, -0.2) is 0 Å². The molecule has 0 aromatic heterocycles. The first-order valence-corrected chi connectivity index (χ1v) is 5.97. The Morgan fingerprint density at radius 3 is 3.06 bits per heavy atom. The van der Waals surface area contributed by atoms with Crippen molar-refractivity contribution in [1.82, 2.24) is 10.2 Å². The molecule has 1 saturated carbocycles. The van der Waals surface area contributed by atoms with Crippen LogP contribution in [0.2, 0.25) is 0 Å². The summed E-state index contributed by atoms with van der Waals surface area (Å²) in [5.41, 5.74) is 1.29. The fourth-order valence-corrected chi connectivity index (χ4v) is 1.87. The molecule has 4 nitrogen and oxygen atoms in total. The van der Waals surface area contributed by atoms with Crippen LogP contribution in [0.15, 0.2) is 11.6 Å². The van der Waals surface area contributed by atoms with Gasteiger partial charge in [-0.2, -0.15) is 0 Å². The number of carbonyl (C=O) groups excluding carboxylic acids is 1. The van der Waals surface area contributed by atoms with E-state index in [0.717, 1.165) is 32.4 Å². The summed E-state index contributed by atoms with van der Waals surface area (Å²) in [6, 6.07) is 0.457. The quantitative estimate of drug-likeness (QED) is 0.693. The predicted octanol–water partition coefficient (Wildman–Crippen LogP) is 0.543. The molecule has 4 heteroatoms. The molecule has 1 aliphatic carbocycles. The van der Waals surface area contributed by atoms with Gasteiger partial charge in [-0.15, -0.1) is 0 Å². The molecule has 1 amide bonds. The van der Waals surface area contributed by atoms with E-state index in [2.05, 4.69) is 11.4 Å². The fourth-order valence-electron chi connectivity index (χ4n) is 1.87. The summed E-state index contributed by atoms with van der Waals surface area (Å²) < 4.78 is 5.37. The van der Waals surface area contributed by atoms with E-state index in [1.54, 1.807) is 0 Å². The van der Waals surface area contributed by atoms with Crippen LogP contribution in [0.3, 0.4) is 0 Å². The number of rotatable bonds is 5. The number of carbonyl (C=O) groups is 1. The van der Waals surface area contributed by atoms with E-state index in [1.807, 2.05) is 11.9 Å². The van der Waals surface area contributed by atoms with Crippen LogP contribution in [-0.2, 0) is 9.53 Å². The van der Waals surface area contributed by atoms with Crippen molar-refractivity contribution in [3.63, 3.8) is 0 Å².